The van der Waals surface area contributed by atoms with E-state index in [-0.39, 0.29) is 17.4 Å². The van der Waals surface area contributed by atoms with Gasteiger partial charge >= 0.3 is 0 Å². The van der Waals surface area contributed by atoms with Crippen LogP contribution >= 0.6 is 11.8 Å². The molecule has 132 valence electrons. The molecule has 0 radical (unpaired) electrons. The lowest BCUT2D eigenvalue weighted by Crippen LogP contribution is -2.10. The summed E-state index contributed by atoms with van der Waals surface area (Å²) >= 11 is 1.39. The summed E-state index contributed by atoms with van der Waals surface area (Å²) < 4.78 is 0. The van der Waals surface area contributed by atoms with Gasteiger partial charge in [0.1, 0.15) is 5.03 Å². The molecule has 26 heavy (non-hydrogen) atoms. The summed E-state index contributed by atoms with van der Waals surface area (Å²) in [7, 11) is 0. The first-order chi connectivity index (χ1) is 12.6. The highest BCUT2D eigenvalue weighted by Crippen LogP contribution is 2.23. The molecule has 0 aliphatic carbocycles. The number of carbonyl (C=O) groups is 2. The standard InChI is InChI=1S/C20H19N3O2S/c1-3-19(25)22-15-10-8-14(9-11-15)18(24)12-26-20-13(2)21-16-6-4-5-7-17(16)23-20/h4-11H,3,12H2,1-2H3,(H,22,25). The van der Waals surface area contributed by atoms with E-state index in [4.69, 9.17) is 0 Å². The van der Waals surface area contributed by atoms with Gasteiger partial charge in [-0.2, -0.15) is 0 Å². The third kappa shape index (κ3) is 4.26. The first-order valence-electron chi connectivity index (χ1n) is 8.36. The summed E-state index contributed by atoms with van der Waals surface area (Å²) in [6, 6.07) is 14.6. The Hall–Kier alpha value is -2.73. The van der Waals surface area contributed by atoms with Crippen LogP contribution in [-0.4, -0.2) is 27.4 Å². The van der Waals surface area contributed by atoms with Crippen molar-refractivity contribution in [3.05, 3.63) is 59.8 Å². The molecule has 0 unspecified atom stereocenters. The van der Waals surface area contributed by atoms with Gasteiger partial charge < -0.3 is 5.32 Å². The van der Waals surface area contributed by atoms with Crippen LogP contribution in [0.1, 0.15) is 29.4 Å². The van der Waals surface area contributed by atoms with Crippen molar-refractivity contribution in [2.45, 2.75) is 25.3 Å². The number of anilines is 1. The van der Waals surface area contributed by atoms with E-state index < -0.39 is 0 Å². The number of hydrogen-bond donors (Lipinski definition) is 1. The SMILES string of the molecule is CCC(=O)Nc1ccc(C(=O)CSc2nc3ccccc3nc2C)cc1. The first-order valence-corrected chi connectivity index (χ1v) is 9.34. The number of aryl methyl sites for hydroxylation is 1. The van der Waals surface area contributed by atoms with E-state index in [1.54, 1.807) is 31.2 Å². The van der Waals surface area contributed by atoms with Gasteiger partial charge in [0.2, 0.25) is 5.91 Å². The number of para-hydroxylation sites is 2. The van der Waals surface area contributed by atoms with Gasteiger partial charge in [0, 0.05) is 17.7 Å². The van der Waals surface area contributed by atoms with E-state index in [2.05, 4.69) is 15.3 Å². The molecule has 0 spiro atoms. The van der Waals surface area contributed by atoms with Crippen molar-refractivity contribution in [2.75, 3.05) is 11.1 Å². The van der Waals surface area contributed by atoms with Crippen LogP contribution in [0.2, 0.25) is 0 Å². The van der Waals surface area contributed by atoms with Crippen molar-refractivity contribution < 1.29 is 9.59 Å². The third-order valence-corrected chi connectivity index (χ3v) is 4.92. The zero-order valence-corrected chi connectivity index (χ0v) is 15.5. The van der Waals surface area contributed by atoms with Crippen molar-refractivity contribution in [3.8, 4) is 0 Å². The van der Waals surface area contributed by atoms with Crippen molar-refractivity contribution >= 4 is 40.2 Å². The summed E-state index contributed by atoms with van der Waals surface area (Å²) in [6.45, 7) is 3.69. The van der Waals surface area contributed by atoms with E-state index in [0.29, 0.717) is 17.7 Å². The average molecular weight is 365 g/mol. The maximum absolute atomic E-state index is 12.4. The van der Waals surface area contributed by atoms with Crippen molar-refractivity contribution in [2.24, 2.45) is 0 Å². The van der Waals surface area contributed by atoms with Gasteiger partial charge in [-0.3, -0.25) is 9.59 Å². The number of hydrogen-bond acceptors (Lipinski definition) is 5. The summed E-state index contributed by atoms with van der Waals surface area (Å²) in [5, 5.41) is 3.53. The highest BCUT2D eigenvalue weighted by Gasteiger charge is 2.11. The molecule has 1 heterocycles. The molecule has 1 N–H and O–H groups in total. The first kappa shape index (κ1) is 18.1. The van der Waals surface area contributed by atoms with Crippen LogP contribution in [0.4, 0.5) is 5.69 Å². The van der Waals surface area contributed by atoms with E-state index in [1.807, 2.05) is 31.2 Å². The molecule has 2 aromatic carbocycles. The van der Waals surface area contributed by atoms with Crippen LogP contribution < -0.4 is 5.32 Å². The Bertz CT molecular complexity index is 955. The highest BCUT2D eigenvalue weighted by atomic mass is 32.2. The fraction of sp³-hybridized carbons (Fsp3) is 0.200. The number of nitrogens with zero attached hydrogens (tertiary/aromatic N) is 2. The Balaban J connectivity index is 1.67. The monoisotopic (exact) mass is 365 g/mol. The molecule has 3 rings (SSSR count). The molecule has 0 saturated heterocycles. The molecule has 0 saturated carbocycles. The maximum atomic E-state index is 12.4. The number of amides is 1. The second-order valence-electron chi connectivity index (χ2n) is 5.79. The normalized spacial score (nSPS) is 10.7. The molecule has 0 atom stereocenters. The van der Waals surface area contributed by atoms with E-state index in [0.717, 1.165) is 21.8 Å². The molecule has 0 aliphatic heterocycles. The van der Waals surface area contributed by atoms with E-state index >= 15 is 0 Å². The van der Waals surface area contributed by atoms with E-state index in [1.165, 1.54) is 11.8 Å². The second kappa shape index (κ2) is 8.10. The molecule has 1 amide bonds. The van der Waals surface area contributed by atoms with Gasteiger partial charge in [-0.25, -0.2) is 9.97 Å². The lowest BCUT2D eigenvalue weighted by atomic mass is 10.1. The number of Topliss-reactive ketones (excluding diaryl/α,β-unsaturated/α-hetero) is 1. The molecule has 0 aliphatic rings. The Kier molecular flexibility index (Phi) is 5.63. The fourth-order valence-corrected chi connectivity index (χ4v) is 3.27. The fourth-order valence-electron chi connectivity index (χ4n) is 2.41. The van der Waals surface area contributed by atoms with Gasteiger partial charge in [-0.15, -0.1) is 0 Å². The van der Waals surface area contributed by atoms with Crippen LogP contribution in [0.3, 0.4) is 0 Å². The number of benzene rings is 2. The summed E-state index contributed by atoms with van der Waals surface area (Å²) in [5.74, 6) is 0.247. The predicted molar refractivity (Wildman–Crippen MR) is 105 cm³/mol. The molecular weight excluding hydrogens is 346 g/mol. The minimum absolute atomic E-state index is 0.0118. The number of rotatable bonds is 6. The molecule has 6 heteroatoms. The van der Waals surface area contributed by atoms with Gasteiger partial charge in [-0.05, 0) is 43.3 Å². The van der Waals surface area contributed by atoms with Gasteiger partial charge in [0.05, 0.1) is 22.5 Å². The number of fused-ring (bicyclic) bond motifs is 1. The number of carbonyl (C=O) groups excluding carboxylic acids is 2. The minimum Gasteiger partial charge on any atom is -0.326 e. The Morgan fingerprint density at radius 3 is 2.31 bits per heavy atom. The van der Waals surface area contributed by atoms with Crippen LogP contribution in [0.5, 0.6) is 0 Å². The van der Waals surface area contributed by atoms with Gasteiger partial charge in [-0.1, -0.05) is 30.8 Å². The zero-order valence-electron chi connectivity index (χ0n) is 14.7. The summed E-state index contributed by atoms with van der Waals surface area (Å²) in [5.41, 5.74) is 3.80. The number of ketones is 1. The number of nitrogens with one attached hydrogen (secondary N) is 1. The quantitative estimate of drug-likeness (QED) is 0.522. The van der Waals surface area contributed by atoms with Crippen molar-refractivity contribution in [3.63, 3.8) is 0 Å². The third-order valence-electron chi connectivity index (χ3n) is 3.85. The van der Waals surface area contributed by atoms with Crippen molar-refractivity contribution in [1.29, 1.82) is 0 Å². The minimum atomic E-state index is -0.0509. The maximum Gasteiger partial charge on any atom is 0.224 e. The second-order valence-corrected chi connectivity index (χ2v) is 6.76. The van der Waals surface area contributed by atoms with Crippen LogP contribution in [-0.2, 0) is 4.79 Å². The predicted octanol–water partition coefficient (Wildman–Crippen LogP) is 4.26. The lowest BCUT2D eigenvalue weighted by Gasteiger charge is -2.07. The van der Waals surface area contributed by atoms with Crippen LogP contribution in [0, 0.1) is 6.92 Å². The van der Waals surface area contributed by atoms with Gasteiger partial charge in [0.15, 0.2) is 5.78 Å². The van der Waals surface area contributed by atoms with Crippen LogP contribution in [0.25, 0.3) is 11.0 Å². The smallest absolute Gasteiger partial charge is 0.224 e. The van der Waals surface area contributed by atoms with Gasteiger partial charge in [0.25, 0.3) is 0 Å². The summed E-state index contributed by atoms with van der Waals surface area (Å²) in [6.07, 6.45) is 0.420. The molecule has 0 fully saturated rings. The van der Waals surface area contributed by atoms with Crippen LogP contribution in [0.15, 0.2) is 53.6 Å². The Morgan fingerprint density at radius 1 is 1.00 bits per heavy atom. The Labute approximate surface area is 156 Å². The molecule has 0 bridgehead atoms. The molecule has 1 aromatic heterocycles. The largest absolute Gasteiger partial charge is 0.326 e. The lowest BCUT2D eigenvalue weighted by molar-refractivity contribution is -0.115. The van der Waals surface area contributed by atoms with Crippen molar-refractivity contribution in [1.82, 2.24) is 9.97 Å². The topological polar surface area (TPSA) is 72.0 Å². The molecule has 5 nitrogen and oxygen atoms in total. The highest BCUT2D eigenvalue weighted by molar-refractivity contribution is 8.00. The summed E-state index contributed by atoms with van der Waals surface area (Å²) in [4.78, 5) is 33.0. The average Bonchev–Trinajstić information content (AvgIpc) is 2.66. The number of aromatic nitrogens is 2. The molecule has 3 aromatic rings. The zero-order chi connectivity index (χ0) is 18.5. The Morgan fingerprint density at radius 2 is 1.65 bits per heavy atom. The van der Waals surface area contributed by atoms with E-state index in [9.17, 15) is 9.59 Å². The number of thioether (sulfide) groups is 1. The molecular formula is C20H19N3O2S.